The van der Waals surface area contributed by atoms with E-state index in [4.69, 9.17) is 5.73 Å². The SMILES string of the molecule is CCN(CC)C(=O)CCNc1cccc(N)c1[N+](=O)[O-]. The van der Waals surface area contributed by atoms with Crippen LogP contribution in [-0.2, 0) is 4.79 Å². The number of nitrogens with zero attached hydrogens (tertiary/aromatic N) is 2. The zero-order chi connectivity index (χ0) is 15.1. The minimum absolute atomic E-state index is 0.0223. The van der Waals surface area contributed by atoms with Crippen molar-refractivity contribution in [1.29, 1.82) is 0 Å². The predicted octanol–water partition coefficient (Wildman–Crippen LogP) is 1.85. The highest BCUT2D eigenvalue weighted by Gasteiger charge is 2.17. The lowest BCUT2D eigenvalue weighted by Gasteiger charge is -2.18. The fourth-order valence-electron chi connectivity index (χ4n) is 1.95. The van der Waals surface area contributed by atoms with Gasteiger partial charge in [-0.25, -0.2) is 0 Å². The summed E-state index contributed by atoms with van der Waals surface area (Å²) in [5.74, 6) is 0.0223. The van der Waals surface area contributed by atoms with E-state index in [2.05, 4.69) is 5.32 Å². The second kappa shape index (κ2) is 7.32. The average Bonchev–Trinajstić information content (AvgIpc) is 2.39. The van der Waals surface area contributed by atoms with Crippen LogP contribution in [0.15, 0.2) is 18.2 Å². The second-order valence-electron chi connectivity index (χ2n) is 4.24. The lowest BCUT2D eigenvalue weighted by molar-refractivity contribution is -0.383. The second-order valence-corrected chi connectivity index (χ2v) is 4.24. The molecule has 0 bridgehead atoms. The number of para-hydroxylation sites is 1. The van der Waals surface area contributed by atoms with Gasteiger partial charge in [-0.1, -0.05) is 6.07 Å². The number of hydrogen-bond acceptors (Lipinski definition) is 5. The highest BCUT2D eigenvalue weighted by atomic mass is 16.6. The standard InChI is InChI=1S/C13H20N4O3/c1-3-16(4-2)12(18)8-9-15-11-7-5-6-10(14)13(11)17(19)20/h5-7,15H,3-4,8-9,14H2,1-2H3. The third-order valence-corrected chi connectivity index (χ3v) is 3.02. The van der Waals surface area contributed by atoms with Crippen LogP contribution in [0.25, 0.3) is 0 Å². The Morgan fingerprint density at radius 3 is 2.60 bits per heavy atom. The summed E-state index contributed by atoms with van der Waals surface area (Å²) in [7, 11) is 0. The Labute approximate surface area is 117 Å². The van der Waals surface area contributed by atoms with E-state index in [1.807, 2.05) is 13.8 Å². The van der Waals surface area contributed by atoms with Crippen molar-refractivity contribution in [3.63, 3.8) is 0 Å². The molecule has 20 heavy (non-hydrogen) atoms. The first-order chi connectivity index (χ1) is 9.51. The first kappa shape index (κ1) is 15.7. The summed E-state index contributed by atoms with van der Waals surface area (Å²) in [5, 5.41) is 13.9. The number of nitrogens with two attached hydrogens (primary N) is 1. The lowest BCUT2D eigenvalue weighted by Crippen LogP contribution is -2.31. The van der Waals surface area contributed by atoms with Gasteiger partial charge in [0.2, 0.25) is 5.91 Å². The molecule has 0 fully saturated rings. The van der Waals surface area contributed by atoms with Gasteiger partial charge in [-0.05, 0) is 26.0 Å². The highest BCUT2D eigenvalue weighted by Crippen LogP contribution is 2.30. The van der Waals surface area contributed by atoms with Crippen LogP contribution in [0, 0.1) is 10.1 Å². The van der Waals surface area contributed by atoms with Crippen LogP contribution in [0.5, 0.6) is 0 Å². The number of amides is 1. The molecule has 1 rings (SSSR count). The van der Waals surface area contributed by atoms with E-state index in [-0.39, 0.29) is 23.7 Å². The van der Waals surface area contributed by atoms with E-state index in [1.54, 1.807) is 17.0 Å². The maximum atomic E-state index is 11.8. The lowest BCUT2D eigenvalue weighted by atomic mass is 10.2. The van der Waals surface area contributed by atoms with Gasteiger partial charge in [0.25, 0.3) is 0 Å². The van der Waals surface area contributed by atoms with Crippen LogP contribution in [0.2, 0.25) is 0 Å². The molecule has 0 atom stereocenters. The van der Waals surface area contributed by atoms with Crippen LogP contribution in [-0.4, -0.2) is 35.4 Å². The number of carbonyl (C=O) groups excluding carboxylic acids is 1. The van der Waals surface area contributed by atoms with E-state index in [9.17, 15) is 14.9 Å². The minimum atomic E-state index is -0.524. The van der Waals surface area contributed by atoms with Crippen molar-refractivity contribution in [2.45, 2.75) is 20.3 Å². The molecule has 3 N–H and O–H groups in total. The third-order valence-electron chi connectivity index (χ3n) is 3.02. The molecular formula is C13H20N4O3. The molecule has 0 heterocycles. The van der Waals surface area contributed by atoms with E-state index in [0.29, 0.717) is 25.3 Å². The molecule has 110 valence electrons. The number of nitro groups is 1. The Morgan fingerprint density at radius 2 is 2.05 bits per heavy atom. The van der Waals surface area contributed by atoms with Crippen LogP contribution < -0.4 is 11.1 Å². The van der Waals surface area contributed by atoms with Gasteiger partial charge in [0, 0.05) is 26.1 Å². The quantitative estimate of drug-likeness (QED) is 0.451. The van der Waals surface area contributed by atoms with E-state index in [0.717, 1.165) is 0 Å². The summed E-state index contributed by atoms with van der Waals surface area (Å²) in [4.78, 5) is 24.0. The molecule has 0 saturated heterocycles. The summed E-state index contributed by atoms with van der Waals surface area (Å²) in [5.41, 5.74) is 5.88. The summed E-state index contributed by atoms with van der Waals surface area (Å²) in [6.45, 7) is 5.48. The monoisotopic (exact) mass is 280 g/mol. The zero-order valence-electron chi connectivity index (χ0n) is 11.8. The van der Waals surface area contributed by atoms with Gasteiger partial charge >= 0.3 is 5.69 Å². The van der Waals surface area contributed by atoms with Crippen molar-refractivity contribution in [2.24, 2.45) is 0 Å². The zero-order valence-corrected chi connectivity index (χ0v) is 11.8. The van der Waals surface area contributed by atoms with Gasteiger partial charge in [-0.2, -0.15) is 0 Å². The Morgan fingerprint density at radius 1 is 1.40 bits per heavy atom. The molecule has 0 saturated carbocycles. The van der Waals surface area contributed by atoms with Crippen molar-refractivity contribution < 1.29 is 9.72 Å². The van der Waals surface area contributed by atoms with Crippen LogP contribution in [0.1, 0.15) is 20.3 Å². The van der Waals surface area contributed by atoms with Gasteiger partial charge in [-0.15, -0.1) is 0 Å². The molecule has 0 radical (unpaired) electrons. The van der Waals surface area contributed by atoms with Gasteiger partial charge in [-0.3, -0.25) is 14.9 Å². The molecular weight excluding hydrogens is 260 g/mol. The maximum Gasteiger partial charge on any atom is 0.314 e. The number of anilines is 2. The summed E-state index contributed by atoms with van der Waals surface area (Å²) in [6.07, 6.45) is 0.285. The number of rotatable bonds is 7. The normalized spacial score (nSPS) is 10.1. The largest absolute Gasteiger partial charge is 0.393 e. The van der Waals surface area contributed by atoms with E-state index < -0.39 is 4.92 Å². The Bertz CT molecular complexity index is 487. The fourth-order valence-corrected chi connectivity index (χ4v) is 1.95. The van der Waals surface area contributed by atoms with Crippen LogP contribution in [0.3, 0.4) is 0 Å². The van der Waals surface area contributed by atoms with Crippen molar-refractivity contribution in [2.75, 3.05) is 30.7 Å². The molecule has 1 aromatic carbocycles. The van der Waals surface area contributed by atoms with Gasteiger partial charge in [0.1, 0.15) is 11.4 Å². The molecule has 0 aliphatic heterocycles. The summed E-state index contributed by atoms with van der Waals surface area (Å²) in [6, 6.07) is 4.69. The molecule has 0 spiro atoms. The predicted molar refractivity (Wildman–Crippen MR) is 78.5 cm³/mol. The van der Waals surface area contributed by atoms with Gasteiger partial charge in [0.15, 0.2) is 0 Å². The average molecular weight is 280 g/mol. The Hall–Kier alpha value is -2.31. The van der Waals surface area contributed by atoms with E-state index >= 15 is 0 Å². The van der Waals surface area contributed by atoms with Crippen molar-refractivity contribution in [3.8, 4) is 0 Å². The molecule has 7 nitrogen and oxygen atoms in total. The fraction of sp³-hybridized carbons (Fsp3) is 0.462. The highest BCUT2D eigenvalue weighted by molar-refractivity contribution is 5.78. The van der Waals surface area contributed by atoms with Crippen molar-refractivity contribution in [3.05, 3.63) is 28.3 Å². The number of nitro benzene ring substituents is 1. The van der Waals surface area contributed by atoms with Crippen molar-refractivity contribution in [1.82, 2.24) is 4.90 Å². The van der Waals surface area contributed by atoms with Crippen LogP contribution in [0.4, 0.5) is 17.1 Å². The third kappa shape index (κ3) is 3.84. The smallest absolute Gasteiger partial charge is 0.314 e. The first-order valence-electron chi connectivity index (χ1n) is 6.55. The summed E-state index contributed by atoms with van der Waals surface area (Å²) >= 11 is 0. The number of nitrogen functional groups attached to an aromatic ring is 1. The molecule has 0 aliphatic carbocycles. The molecule has 7 heteroatoms. The first-order valence-corrected chi connectivity index (χ1v) is 6.55. The van der Waals surface area contributed by atoms with Crippen molar-refractivity contribution >= 4 is 23.0 Å². The Balaban J connectivity index is 2.65. The molecule has 0 aromatic heterocycles. The molecule has 0 aliphatic rings. The molecule has 0 unspecified atom stereocenters. The van der Waals surface area contributed by atoms with Gasteiger partial charge in [0.05, 0.1) is 4.92 Å². The molecule has 1 aromatic rings. The van der Waals surface area contributed by atoms with Gasteiger partial charge < -0.3 is 16.0 Å². The number of benzene rings is 1. The Kier molecular flexibility index (Phi) is 5.76. The molecule has 1 amide bonds. The number of carbonyl (C=O) groups is 1. The summed E-state index contributed by atoms with van der Waals surface area (Å²) < 4.78 is 0. The topological polar surface area (TPSA) is 102 Å². The van der Waals surface area contributed by atoms with E-state index in [1.165, 1.54) is 6.07 Å². The number of hydrogen-bond donors (Lipinski definition) is 2. The maximum absolute atomic E-state index is 11.8. The minimum Gasteiger partial charge on any atom is -0.393 e. The van der Waals surface area contributed by atoms with Crippen LogP contribution >= 0.6 is 0 Å². The number of nitrogens with one attached hydrogen (secondary N) is 1.